The molecule has 0 unspecified atom stereocenters. The third-order valence-corrected chi connectivity index (χ3v) is 3.09. The van der Waals surface area contributed by atoms with E-state index >= 15 is 0 Å². The number of aromatic nitrogens is 1. The number of oxazole rings is 1. The van der Waals surface area contributed by atoms with Gasteiger partial charge in [0.15, 0.2) is 22.8 Å². The van der Waals surface area contributed by atoms with Crippen molar-refractivity contribution in [3.8, 4) is 17.2 Å². The number of anilines is 1. The number of nitrogen functional groups attached to an aromatic ring is 1. The van der Waals surface area contributed by atoms with Crippen LogP contribution in [-0.2, 0) is 0 Å². The number of aryl methyl sites for hydroxylation is 1. The maximum Gasteiger partial charge on any atom is 0.417 e. The molecule has 6 nitrogen and oxygen atoms in total. The van der Waals surface area contributed by atoms with Crippen LogP contribution in [0.3, 0.4) is 0 Å². The summed E-state index contributed by atoms with van der Waals surface area (Å²) in [5, 5.41) is 0. The van der Waals surface area contributed by atoms with Crippen molar-refractivity contribution in [3.05, 3.63) is 46.4 Å². The van der Waals surface area contributed by atoms with E-state index in [4.69, 9.17) is 19.6 Å². The number of benzene rings is 2. The molecule has 3 N–H and O–H groups in total. The molecule has 0 aliphatic heterocycles. The zero-order valence-corrected chi connectivity index (χ0v) is 11.6. The molecule has 1 heterocycles. The van der Waals surface area contributed by atoms with Crippen molar-refractivity contribution in [2.75, 3.05) is 12.8 Å². The molecule has 0 saturated heterocycles. The minimum absolute atomic E-state index is 0.368. The average Bonchev–Trinajstić information content (AvgIpc) is 2.80. The summed E-state index contributed by atoms with van der Waals surface area (Å²) in [4.78, 5) is 13.7. The molecular weight excluding hydrogens is 272 g/mol. The number of ether oxygens (including phenoxy) is 2. The minimum atomic E-state index is -0.533. The molecule has 3 rings (SSSR count). The van der Waals surface area contributed by atoms with Crippen LogP contribution < -0.4 is 21.0 Å². The molecule has 21 heavy (non-hydrogen) atoms. The highest BCUT2D eigenvalue weighted by atomic mass is 16.5. The highest BCUT2D eigenvalue weighted by Gasteiger charge is 2.11. The molecule has 3 aromatic rings. The van der Waals surface area contributed by atoms with E-state index in [0.717, 1.165) is 5.56 Å². The van der Waals surface area contributed by atoms with Gasteiger partial charge >= 0.3 is 5.76 Å². The summed E-state index contributed by atoms with van der Waals surface area (Å²) in [7, 11) is 1.57. The van der Waals surface area contributed by atoms with Crippen molar-refractivity contribution in [3.63, 3.8) is 0 Å². The average molecular weight is 286 g/mol. The van der Waals surface area contributed by atoms with Gasteiger partial charge in [0, 0.05) is 12.1 Å². The summed E-state index contributed by atoms with van der Waals surface area (Å²) >= 11 is 0. The molecule has 0 spiro atoms. The van der Waals surface area contributed by atoms with Gasteiger partial charge in [-0.2, -0.15) is 0 Å². The molecule has 0 atom stereocenters. The summed E-state index contributed by atoms with van der Waals surface area (Å²) in [6, 6.07) is 8.74. The Kier molecular flexibility index (Phi) is 3.06. The van der Waals surface area contributed by atoms with Gasteiger partial charge < -0.3 is 19.6 Å². The lowest BCUT2D eigenvalue weighted by Crippen LogP contribution is -1.95. The van der Waals surface area contributed by atoms with E-state index in [1.807, 2.05) is 19.1 Å². The van der Waals surface area contributed by atoms with Gasteiger partial charge in [-0.25, -0.2) is 4.79 Å². The normalized spacial score (nSPS) is 10.8. The Morgan fingerprint density at radius 1 is 1.14 bits per heavy atom. The van der Waals surface area contributed by atoms with Crippen molar-refractivity contribution in [1.82, 2.24) is 4.98 Å². The summed E-state index contributed by atoms with van der Waals surface area (Å²) in [6.45, 7) is 1.96. The number of fused-ring (bicyclic) bond motifs is 1. The number of H-pyrrole nitrogens is 1. The molecule has 1 aromatic heterocycles. The predicted molar refractivity (Wildman–Crippen MR) is 79.1 cm³/mol. The lowest BCUT2D eigenvalue weighted by Gasteiger charge is -2.12. The first-order valence-electron chi connectivity index (χ1n) is 6.31. The zero-order valence-electron chi connectivity index (χ0n) is 11.6. The quantitative estimate of drug-likeness (QED) is 0.722. The maximum absolute atomic E-state index is 11.2. The number of nitrogens with one attached hydrogen (secondary N) is 1. The summed E-state index contributed by atoms with van der Waals surface area (Å²) < 4.78 is 16.0. The number of hydrogen-bond acceptors (Lipinski definition) is 5. The topological polar surface area (TPSA) is 90.5 Å². The molecule has 0 fully saturated rings. The van der Waals surface area contributed by atoms with Gasteiger partial charge in [-0.05, 0) is 24.6 Å². The van der Waals surface area contributed by atoms with Gasteiger partial charge in [-0.15, -0.1) is 0 Å². The van der Waals surface area contributed by atoms with E-state index in [-0.39, 0.29) is 0 Å². The van der Waals surface area contributed by atoms with Crippen LogP contribution in [0.25, 0.3) is 11.1 Å². The molecular formula is C15H14N2O4. The fourth-order valence-corrected chi connectivity index (χ4v) is 2.06. The number of nitrogens with two attached hydrogens (primary N) is 1. The second-order valence-corrected chi connectivity index (χ2v) is 4.66. The fourth-order valence-electron chi connectivity index (χ4n) is 2.06. The second-order valence-electron chi connectivity index (χ2n) is 4.66. The van der Waals surface area contributed by atoms with E-state index in [1.165, 1.54) is 0 Å². The number of aromatic amines is 1. The SMILES string of the molecule is COc1cc(C)ccc1Oc1cc2[nH]c(=O)oc2cc1N. The summed E-state index contributed by atoms with van der Waals surface area (Å²) in [5.41, 5.74) is 8.26. The Morgan fingerprint density at radius 2 is 1.95 bits per heavy atom. The van der Waals surface area contributed by atoms with Crippen molar-refractivity contribution in [2.24, 2.45) is 0 Å². The Balaban J connectivity index is 2.05. The highest BCUT2D eigenvalue weighted by Crippen LogP contribution is 2.36. The smallest absolute Gasteiger partial charge is 0.417 e. The molecule has 108 valence electrons. The third kappa shape index (κ3) is 2.43. The van der Waals surface area contributed by atoms with Crippen LogP contribution in [0.1, 0.15) is 5.56 Å². The van der Waals surface area contributed by atoms with E-state index in [9.17, 15) is 4.79 Å². The van der Waals surface area contributed by atoms with Gasteiger partial charge in [-0.1, -0.05) is 6.07 Å². The molecule has 2 aromatic carbocycles. The van der Waals surface area contributed by atoms with Crippen LogP contribution in [0, 0.1) is 6.92 Å². The molecule has 0 amide bonds. The van der Waals surface area contributed by atoms with Gasteiger partial charge in [0.2, 0.25) is 0 Å². The van der Waals surface area contributed by atoms with Crippen LogP contribution in [0.5, 0.6) is 17.2 Å². The third-order valence-electron chi connectivity index (χ3n) is 3.09. The zero-order chi connectivity index (χ0) is 15.0. The van der Waals surface area contributed by atoms with Crippen molar-refractivity contribution >= 4 is 16.8 Å². The number of hydrogen-bond donors (Lipinski definition) is 2. The monoisotopic (exact) mass is 286 g/mol. The van der Waals surface area contributed by atoms with E-state index in [0.29, 0.717) is 34.0 Å². The fraction of sp³-hybridized carbons (Fsp3) is 0.133. The van der Waals surface area contributed by atoms with Crippen LogP contribution in [0.4, 0.5) is 5.69 Å². The molecule has 6 heteroatoms. The Labute approximate surface area is 120 Å². The lowest BCUT2D eigenvalue weighted by atomic mass is 10.2. The van der Waals surface area contributed by atoms with Crippen molar-refractivity contribution in [1.29, 1.82) is 0 Å². The number of rotatable bonds is 3. The first-order chi connectivity index (χ1) is 10.1. The largest absolute Gasteiger partial charge is 0.493 e. The van der Waals surface area contributed by atoms with E-state index in [1.54, 1.807) is 25.3 Å². The van der Waals surface area contributed by atoms with E-state index in [2.05, 4.69) is 4.98 Å². The van der Waals surface area contributed by atoms with Crippen LogP contribution >= 0.6 is 0 Å². The van der Waals surface area contributed by atoms with Gasteiger partial charge in [0.05, 0.1) is 18.3 Å². The Hall–Kier alpha value is -2.89. The van der Waals surface area contributed by atoms with E-state index < -0.39 is 5.76 Å². The van der Waals surface area contributed by atoms with Crippen molar-refractivity contribution in [2.45, 2.75) is 6.92 Å². The molecule has 0 aliphatic rings. The highest BCUT2D eigenvalue weighted by molar-refractivity contribution is 5.80. The molecule has 0 saturated carbocycles. The van der Waals surface area contributed by atoms with Crippen LogP contribution in [-0.4, -0.2) is 12.1 Å². The maximum atomic E-state index is 11.2. The predicted octanol–water partition coefficient (Wildman–Crippen LogP) is 2.81. The van der Waals surface area contributed by atoms with Gasteiger partial charge in [0.25, 0.3) is 0 Å². The van der Waals surface area contributed by atoms with Crippen LogP contribution in [0.2, 0.25) is 0 Å². The Bertz CT molecular complexity index is 864. The molecule has 0 aliphatic carbocycles. The summed E-state index contributed by atoms with van der Waals surface area (Å²) in [6.07, 6.45) is 0. The minimum Gasteiger partial charge on any atom is -0.493 e. The number of methoxy groups -OCH3 is 1. The molecule has 0 bridgehead atoms. The molecule has 0 radical (unpaired) electrons. The first-order valence-corrected chi connectivity index (χ1v) is 6.31. The summed E-state index contributed by atoms with van der Waals surface area (Å²) in [5.74, 6) is 1.03. The van der Waals surface area contributed by atoms with Gasteiger partial charge in [0.1, 0.15) is 0 Å². The lowest BCUT2D eigenvalue weighted by molar-refractivity contribution is 0.379. The first kappa shape index (κ1) is 13.1. The Morgan fingerprint density at radius 3 is 2.71 bits per heavy atom. The van der Waals surface area contributed by atoms with Gasteiger partial charge in [-0.3, -0.25) is 4.98 Å². The second kappa shape index (κ2) is 4.90. The van der Waals surface area contributed by atoms with Crippen molar-refractivity contribution < 1.29 is 13.9 Å². The standard InChI is InChI=1S/C15H14N2O4/c1-8-3-4-11(14(5-8)19-2)20-12-7-10-13(6-9(12)16)21-15(18)17-10/h3-7H,16H2,1-2H3,(H,17,18). The van der Waals surface area contributed by atoms with Crippen LogP contribution in [0.15, 0.2) is 39.5 Å².